The Balaban J connectivity index is 1.54. The number of primary amides is 1. The van der Waals surface area contributed by atoms with Crippen molar-refractivity contribution in [2.75, 3.05) is 12.4 Å². The van der Waals surface area contributed by atoms with Gasteiger partial charge in [0.25, 0.3) is 5.91 Å². The highest BCUT2D eigenvalue weighted by atomic mass is 32.2. The van der Waals surface area contributed by atoms with Crippen LogP contribution in [-0.2, 0) is 26.3 Å². The second-order valence-corrected chi connectivity index (χ2v) is 12.8. The fourth-order valence-corrected chi connectivity index (χ4v) is 7.81. The van der Waals surface area contributed by atoms with Crippen molar-refractivity contribution in [3.8, 4) is 5.75 Å². The predicted octanol–water partition coefficient (Wildman–Crippen LogP) is 3.52. The van der Waals surface area contributed by atoms with Crippen LogP contribution in [0.25, 0.3) is 0 Å². The smallest absolute Gasteiger partial charge is 0.328 e. The van der Waals surface area contributed by atoms with Crippen molar-refractivity contribution in [3.05, 3.63) is 74.2 Å². The summed E-state index contributed by atoms with van der Waals surface area (Å²) in [6.07, 6.45) is 0. The van der Waals surface area contributed by atoms with Gasteiger partial charge in [0, 0.05) is 16.5 Å². The normalized spacial score (nSPS) is 20.2. The number of aromatic nitrogens is 1. The zero-order chi connectivity index (χ0) is 28.9. The summed E-state index contributed by atoms with van der Waals surface area (Å²) in [4.78, 5) is 65.5. The molecule has 5 amide bonds. The SMILES string of the molecule is COc1ccc(NC(=O)Cn2c3c(sc2=O)[C@@H](c2ccc(C(C)(C)C)cc2)C2C(=O)N(C(N)=O)C(=O)C2S3)cc1. The first kappa shape index (κ1) is 27.7. The fraction of sp³-hybridized carbons (Fsp3) is 0.321. The number of methoxy groups -OCH3 is 1. The maximum atomic E-state index is 13.4. The monoisotopic (exact) mass is 580 g/mol. The fourth-order valence-electron chi connectivity index (χ4n) is 5.04. The van der Waals surface area contributed by atoms with Gasteiger partial charge in [-0.05, 0) is 40.8 Å². The zero-order valence-corrected chi connectivity index (χ0v) is 23.9. The van der Waals surface area contributed by atoms with Crippen molar-refractivity contribution in [3.63, 3.8) is 0 Å². The number of hydrogen-bond acceptors (Lipinski definition) is 8. The van der Waals surface area contributed by atoms with Crippen molar-refractivity contribution in [2.45, 2.75) is 48.9 Å². The van der Waals surface area contributed by atoms with E-state index in [-0.39, 0.29) is 16.8 Å². The third-order valence-electron chi connectivity index (χ3n) is 7.08. The van der Waals surface area contributed by atoms with Crippen molar-refractivity contribution in [1.82, 2.24) is 9.47 Å². The molecule has 3 aromatic rings. The Bertz CT molecular complexity index is 1570. The number of imide groups is 3. The molecule has 2 aliphatic rings. The van der Waals surface area contributed by atoms with Gasteiger partial charge in [-0.2, -0.15) is 4.90 Å². The van der Waals surface area contributed by atoms with Crippen LogP contribution in [0.4, 0.5) is 10.5 Å². The van der Waals surface area contributed by atoms with E-state index in [2.05, 4.69) is 26.1 Å². The number of anilines is 1. The molecule has 0 aliphatic carbocycles. The number of carbonyl (C=O) groups is 4. The Morgan fingerprint density at radius 3 is 2.23 bits per heavy atom. The van der Waals surface area contributed by atoms with E-state index in [4.69, 9.17) is 10.5 Å². The zero-order valence-electron chi connectivity index (χ0n) is 22.3. The number of urea groups is 1. The Hall–Kier alpha value is -3.90. The summed E-state index contributed by atoms with van der Waals surface area (Å²) in [5.41, 5.74) is 7.62. The maximum Gasteiger partial charge on any atom is 0.328 e. The average Bonchev–Trinajstić information content (AvgIpc) is 3.34. The van der Waals surface area contributed by atoms with Crippen LogP contribution in [-0.4, -0.2) is 45.6 Å². The number of nitrogens with zero attached hydrogens (tertiary/aromatic N) is 2. The molecule has 0 spiro atoms. The van der Waals surface area contributed by atoms with E-state index < -0.39 is 40.8 Å². The molecule has 2 aromatic carbocycles. The summed E-state index contributed by atoms with van der Waals surface area (Å²) in [7, 11) is 1.54. The minimum Gasteiger partial charge on any atom is -0.497 e. The van der Waals surface area contributed by atoms with Gasteiger partial charge >= 0.3 is 10.9 Å². The quantitative estimate of drug-likeness (QED) is 0.440. The maximum absolute atomic E-state index is 13.4. The molecule has 1 aromatic heterocycles. The molecule has 3 heterocycles. The van der Waals surface area contributed by atoms with Gasteiger partial charge in [-0.3, -0.25) is 23.7 Å². The highest BCUT2D eigenvalue weighted by Gasteiger charge is 2.57. The van der Waals surface area contributed by atoms with Gasteiger partial charge in [0.05, 0.1) is 18.1 Å². The minimum absolute atomic E-state index is 0.109. The van der Waals surface area contributed by atoms with Crippen LogP contribution in [0.2, 0.25) is 0 Å². The molecular formula is C28H28N4O6S2. The van der Waals surface area contributed by atoms with E-state index in [0.717, 1.165) is 34.2 Å². The molecule has 2 aliphatic heterocycles. The van der Waals surface area contributed by atoms with Crippen LogP contribution in [0.15, 0.2) is 58.4 Å². The molecule has 3 N–H and O–H groups in total. The van der Waals surface area contributed by atoms with E-state index in [9.17, 15) is 24.0 Å². The number of ether oxygens (including phenoxy) is 1. The molecule has 10 nitrogen and oxygen atoms in total. The van der Waals surface area contributed by atoms with E-state index in [0.29, 0.717) is 26.2 Å². The van der Waals surface area contributed by atoms with Crippen LogP contribution >= 0.6 is 23.1 Å². The number of thioether (sulfide) groups is 1. The number of fused-ring (bicyclic) bond motifs is 2. The summed E-state index contributed by atoms with van der Waals surface area (Å²) < 4.78 is 6.46. The van der Waals surface area contributed by atoms with Gasteiger partial charge < -0.3 is 15.8 Å². The number of nitrogens with one attached hydrogen (secondary N) is 1. The largest absolute Gasteiger partial charge is 0.497 e. The summed E-state index contributed by atoms with van der Waals surface area (Å²) in [5, 5.41) is 2.22. The highest BCUT2D eigenvalue weighted by Crippen LogP contribution is 2.53. The number of hydrogen-bond donors (Lipinski definition) is 2. The molecule has 0 radical (unpaired) electrons. The highest BCUT2D eigenvalue weighted by molar-refractivity contribution is 8.00. The Morgan fingerprint density at radius 1 is 1.00 bits per heavy atom. The van der Waals surface area contributed by atoms with Gasteiger partial charge in [-0.25, -0.2) is 4.79 Å². The third kappa shape index (κ3) is 4.81. The molecule has 40 heavy (non-hydrogen) atoms. The molecule has 0 bridgehead atoms. The van der Waals surface area contributed by atoms with Crippen LogP contribution in [0, 0.1) is 5.92 Å². The van der Waals surface area contributed by atoms with Gasteiger partial charge in [-0.15, -0.1) is 0 Å². The van der Waals surface area contributed by atoms with Crippen LogP contribution in [0.5, 0.6) is 5.75 Å². The average molecular weight is 581 g/mol. The van der Waals surface area contributed by atoms with Gasteiger partial charge in [0.2, 0.25) is 11.8 Å². The molecule has 12 heteroatoms. The van der Waals surface area contributed by atoms with Crippen molar-refractivity contribution in [2.24, 2.45) is 11.7 Å². The first-order valence-electron chi connectivity index (χ1n) is 12.5. The number of nitrogens with two attached hydrogens (primary N) is 1. The number of benzene rings is 2. The number of amides is 5. The van der Waals surface area contributed by atoms with Crippen LogP contribution in [0.3, 0.4) is 0 Å². The Labute approximate surface area is 238 Å². The first-order chi connectivity index (χ1) is 18.9. The van der Waals surface area contributed by atoms with E-state index >= 15 is 0 Å². The van der Waals surface area contributed by atoms with Gasteiger partial charge in [0.15, 0.2) is 0 Å². The summed E-state index contributed by atoms with van der Waals surface area (Å²) in [5.74, 6) is -2.79. The standard InChI is InChI=1S/C28H28N4O6S2/c1-28(2,3)15-7-5-14(6-8-15)19-20-21(24(35)32(23(20)34)26(29)36)39-25-22(19)40-27(37)31(25)13-18(33)30-16-9-11-17(38-4)12-10-16/h5-12,19-21H,13H2,1-4H3,(H2,29,36)(H,30,33)/t19-,20?,21?/m0/s1. The topological polar surface area (TPSA) is 141 Å². The second-order valence-electron chi connectivity index (χ2n) is 10.7. The molecule has 3 atom stereocenters. The molecule has 0 saturated carbocycles. The molecule has 1 fully saturated rings. The lowest BCUT2D eigenvalue weighted by atomic mass is 9.81. The van der Waals surface area contributed by atoms with Crippen molar-refractivity contribution >= 4 is 52.5 Å². The number of thiazole rings is 1. The Morgan fingerprint density at radius 2 is 1.65 bits per heavy atom. The lowest BCUT2D eigenvalue weighted by Crippen LogP contribution is -2.41. The molecule has 1 saturated heterocycles. The van der Waals surface area contributed by atoms with Crippen molar-refractivity contribution in [1.29, 1.82) is 0 Å². The number of rotatable bonds is 5. The Kier molecular flexibility index (Phi) is 7.09. The second kappa shape index (κ2) is 10.3. The molecule has 208 valence electrons. The number of likely N-dealkylation sites (tertiary alicyclic amines) is 1. The van der Waals surface area contributed by atoms with Crippen LogP contribution in [0.1, 0.15) is 42.7 Å². The first-order valence-corrected chi connectivity index (χ1v) is 14.2. The number of carbonyl (C=O) groups excluding carboxylic acids is 4. The summed E-state index contributed by atoms with van der Waals surface area (Å²) in [6.45, 7) is 5.96. The van der Waals surface area contributed by atoms with Crippen molar-refractivity contribution < 1.29 is 23.9 Å². The van der Waals surface area contributed by atoms with Gasteiger partial charge in [0.1, 0.15) is 17.5 Å². The van der Waals surface area contributed by atoms with Gasteiger partial charge in [-0.1, -0.05) is 68.1 Å². The lowest BCUT2D eigenvalue weighted by Gasteiger charge is -2.31. The van der Waals surface area contributed by atoms with E-state index in [1.54, 1.807) is 31.4 Å². The van der Waals surface area contributed by atoms with Crippen LogP contribution < -0.4 is 20.7 Å². The lowest BCUT2D eigenvalue weighted by molar-refractivity contribution is -0.135. The molecule has 5 rings (SSSR count). The minimum atomic E-state index is -1.13. The third-order valence-corrected chi connectivity index (χ3v) is 9.68. The van der Waals surface area contributed by atoms with E-state index in [1.807, 2.05) is 24.3 Å². The summed E-state index contributed by atoms with van der Waals surface area (Å²) >= 11 is 1.96. The summed E-state index contributed by atoms with van der Waals surface area (Å²) in [6, 6.07) is 13.3. The predicted molar refractivity (Wildman–Crippen MR) is 152 cm³/mol. The molecule has 2 unspecified atom stereocenters. The van der Waals surface area contributed by atoms with E-state index in [1.165, 1.54) is 4.57 Å². The molecular weight excluding hydrogens is 552 g/mol.